The first-order valence-electron chi connectivity index (χ1n) is 7.61. The van der Waals surface area contributed by atoms with Gasteiger partial charge in [-0.25, -0.2) is 0 Å². The molecule has 0 atom stereocenters. The molecular weight excluding hydrogens is 272 g/mol. The topological polar surface area (TPSA) is 86.7 Å². The quantitative estimate of drug-likeness (QED) is 0.792. The Morgan fingerprint density at radius 3 is 2.19 bits per heavy atom. The molecule has 0 aromatic carbocycles. The van der Waals surface area contributed by atoms with E-state index in [1.807, 2.05) is 4.90 Å². The van der Waals surface area contributed by atoms with Crippen molar-refractivity contribution in [1.29, 1.82) is 0 Å². The van der Waals surface area contributed by atoms with Crippen molar-refractivity contribution in [3.63, 3.8) is 0 Å². The molecule has 2 rings (SSSR count). The number of piperidine rings is 1. The van der Waals surface area contributed by atoms with Crippen molar-refractivity contribution in [1.82, 2.24) is 10.2 Å². The number of carbonyl (C=O) groups is 3. The zero-order valence-corrected chi connectivity index (χ0v) is 12.7. The van der Waals surface area contributed by atoms with E-state index >= 15 is 0 Å². The van der Waals surface area contributed by atoms with Gasteiger partial charge in [0, 0.05) is 31.5 Å². The van der Waals surface area contributed by atoms with Gasteiger partial charge in [0.25, 0.3) is 0 Å². The van der Waals surface area contributed by atoms with E-state index in [4.69, 9.17) is 5.11 Å². The molecular formula is C15H24N2O4. The summed E-state index contributed by atoms with van der Waals surface area (Å²) in [6.07, 6.45) is 3.50. The highest BCUT2D eigenvalue weighted by Crippen LogP contribution is 2.32. The van der Waals surface area contributed by atoms with Crippen LogP contribution in [0.1, 0.15) is 46.0 Å². The molecule has 0 spiro atoms. The molecule has 2 N–H and O–H groups in total. The van der Waals surface area contributed by atoms with Crippen LogP contribution in [0, 0.1) is 11.3 Å². The average Bonchev–Trinajstić information content (AvgIpc) is 3.22. The van der Waals surface area contributed by atoms with Crippen LogP contribution in [0.2, 0.25) is 0 Å². The van der Waals surface area contributed by atoms with Gasteiger partial charge in [-0.2, -0.15) is 0 Å². The van der Waals surface area contributed by atoms with Crippen LogP contribution in [-0.2, 0) is 14.4 Å². The lowest BCUT2D eigenvalue weighted by atomic mass is 9.89. The fourth-order valence-electron chi connectivity index (χ4n) is 2.59. The second-order valence-corrected chi connectivity index (χ2v) is 6.81. The molecule has 2 amide bonds. The highest BCUT2D eigenvalue weighted by molar-refractivity contribution is 5.84. The first-order valence-corrected chi connectivity index (χ1v) is 7.61. The van der Waals surface area contributed by atoms with Crippen LogP contribution in [0.4, 0.5) is 0 Å². The predicted molar refractivity (Wildman–Crippen MR) is 76.5 cm³/mol. The minimum Gasteiger partial charge on any atom is -0.481 e. The summed E-state index contributed by atoms with van der Waals surface area (Å²) < 4.78 is 0. The highest BCUT2D eigenvalue weighted by atomic mass is 16.4. The summed E-state index contributed by atoms with van der Waals surface area (Å²) in [5.41, 5.74) is -1.05. The number of nitrogens with zero attached hydrogens (tertiary/aromatic N) is 1. The maximum Gasteiger partial charge on any atom is 0.309 e. The molecule has 118 valence electrons. The van der Waals surface area contributed by atoms with E-state index in [0.717, 1.165) is 25.7 Å². The molecule has 0 aromatic rings. The van der Waals surface area contributed by atoms with Gasteiger partial charge in [0.2, 0.25) is 11.8 Å². The van der Waals surface area contributed by atoms with Crippen molar-refractivity contribution in [2.45, 2.75) is 52.0 Å². The van der Waals surface area contributed by atoms with Crippen molar-refractivity contribution in [2.75, 3.05) is 13.1 Å². The number of carboxylic acid groups (broad SMARTS) is 1. The molecule has 1 saturated heterocycles. The van der Waals surface area contributed by atoms with E-state index in [1.54, 1.807) is 13.8 Å². The molecule has 2 fully saturated rings. The van der Waals surface area contributed by atoms with Crippen molar-refractivity contribution in [3.8, 4) is 0 Å². The average molecular weight is 296 g/mol. The third-order valence-electron chi connectivity index (χ3n) is 4.28. The maximum atomic E-state index is 11.9. The van der Waals surface area contributed by atoms with E-state index in [2.05, 4.69) is 5.32 Å². The largest absolute Gasteiger partial charge is 0.481 e. The number of rotatable bonds is 5. The van der Waals surface area contributed by atoms with Gasteiger partial charge >= 0.3 is 5.97 Å². The third-order valence-corrected chi connectivity index (χ3v) is 4.28. The Morgan fingerprint density at radius 2 is 1.71 bits per heavy atom. The van der Waals surface area contributed by atoms with Gasteiger partial charge in [0.15, 0.2) is 0 Å². The molecule has 1 heterocycles. The smallest absolute Gasteiger partial charge is 0.309 e. The molecule has 2 aliphatic rings. The number of hydrogen-bond acceptors (Lipinski definition) is 3. The van der Waals surface area contributed by atoms with Crippen LogP contribution in [0.3, 0.4) is 0 Å². The Balaban J connectivity index is 1.74. The molecule has 0 unspecified atom stereocenters. The van der Waals surface area contributed by atoms with Crippen LogP contribution >= 0.6 is 0 Å². The Hall–Kier alpha value is -1.59. The van der Waals surface area contributed by atoms with Gasteiger partial charge in [-0.3, -0.25) is 14.4 Å². The molecule has 0 aromatic heterocycles. The normalized spacial score (nSPS) is 20.2. The van der Waals surface area contributed by atoms with Crippen LogP contribution < -0.4 is 5.32 Å². The molecule has 6 heteroatoms. The Kier molecular flexibility index (Phi) is 4.54. The lowest BCUT2D eigenvalue weighted by Gasteiger charge is -2.33. The van der Waals surface area contributed by atoms with Crippen molar-refractivity contribution < 1.29 is 19.5 Å². The summed E-state index contributed by atoms with van der Waals surface area (Å²) in [6, 6.07) is 0.0466. The fourth-order valence-corrected chi connectivity index (χ4v) is 2.59. The van der Waals surface area contributed by atoms with Crippen LogP contribution in [0.15, 0.2) is 0 Å². The maximum absolute atomic E-state index is 11.9. The molecule has 1 aliphatic heterocycles. The number of carbonyl (C=O) groups excluding carboxylic acids is 2. The number of carboxylic acids is 1. The monoisotopic (exact) mass is 296 g/mol. The molecule has 21 heavy (non-hydrogen) atoms. The summed E-state index contributed by atoms with van der Waals surface area (Å²) in [5, 5.41) is 11.9. The van der Waals surface area contributed by atoms with E-state index in [-0.39, 0.29) is 30.2 Å². The Labute approximate surface area is 124 Å². The number of aliphatic carboxylic acids is 1. The number of likely N-dealkylation sites (tertiary alicyclic amines) is 1. The van der Waals surface area contributed by atoms with Gasteiger partial charge < -0.3 is 15.3 Å². The van der Waals surface area contributed by atoms with Crippen LogP contribution in [0.25, 0.3) is 0 Å². The molecule has 0 bridgehead atoms. The van der Waals surface area contributed by atoms with Crippen LogP contribution in [-0.4, -0.2) is 46.9 Å². The molecule has 1 aliphatic carbocycles. The van der Waals surface area contributed by atoms with Crippen molar-refractivity contribution >= 4 is 17.8 Å². The Bertz CT molecular complexity index is 435. The number of hydrogen-bond donors (Lipinski definition) is 2. The SMILES string of the molecule is CC(C)(CC(=O)NC1CCN(C(=O)C2CC2)CC1)C(=O)O. The molecule has 6 nitrogen and oxygen atoms in total. The summed E-state index contributed by atoms with van der Waals surface area (Å²) in [6.45, 7) is 4.46. The molecule has 1 saturated carbocycles. The third kappa shape index (κ3) is 4.19. The second kappa shape index (κ2) is 6.03. The fraction of sp³-hybridized carbons (Fsp3) is 0.800. The van der Waals surface area contributed by atoms with E-state index in [1.165, 1.54) is 0 Å². The van der Waals surface area contributed by atoms with Gasteiger partial charge in [-0.1, -0.05) is 0 Å². The zero-order valence-electron chi connectivity index (χ0n) is 12.7. The van der Waals surface area contributed by atoms with Gasteiger partial charge in [-0.05, 0) is 39.5 Å². The van der Waals surface area contributed by atoms with E-state index in [0.29, 0.717) is 13.1 Å². The highest BCUT2D eigenvalue weighted by Gasteiger charge is 2.35. The van der Waals surface area contributed by atoms with Gasteiger partial charge in [0.1, 0.15) is 0 Å². The summed E-state index contributed by atoms with van der Waals surface area (Å²) in [7, 11) is 0. The first-order chi connectivity index (χ1) is 9.79. The van der Waals surface area contributed by atoms with E-state index < -0.39 is 11.4 Å². The Morgan fingerprint density at radius 1 is 1.14 bits per heavy atom. The van der Waals surface area contributed by atoms with E-state index in [9.17, 15) is 14.4 Å². The second-order valence-electron chi connectivity index (χ2n) is 6.81. The number of amides is 2. The summed E-state index contributed by atoms with van der Waals surface area (Å²) in [5.74, 6) is -0.698. The minimum atomic E-state index is -1.05. The van der Waals surface area contributed by atoms with Crippen molar-refractivity contribution in [2.24, 2.45) is 11.3 Å². The number of nitrogens with one attached hydrogen (secondary N) is 1. The van der Waals surface area contributed by atoms with Gasteiger partial charge in [-0.15, -0.1) is 0 Å². The minimum absolute atomic E-state index is 0.0243. The summed E-state index contributed by atoms with van der Waals surface area (Å²) >= 11 is 0. The lowest BCUT2D eigenvalue weighted by Crippen LogP contribution is -2.47. The predicted octanol–water partition coefficient (Wildman–Crippen LogP) is 1.00. The van der Waals surface area contributed by atoms with Gasteiger partial charge in [0.05, 0.1) is 5.41 Å². The molecule has 0 radical (unpaired) electrons. The summed E-state index contributed by atoms with van der Waals surface area (Å²) in [4.78, 5) is 36.7. The van der Waals surface area contributed by atoms with Crippen molar-refractivity contribution in [3.05, 3.63) is 0 Å². The standard InChI is InChI=1S/C15H24N2O4/c1-15(2,14(20)21)9-12(18)16-11-5-7-17(8-6-11)13(19)10-3-4-10/h10-11H,3-9H2,1-2H3,(H,16,18)(H,20,21). The zero-order chi connectivity index (χ0) is 15.6. The van der Waals surface area contributed by atoms with Crippen LogP contribution in [0.5, 0.6) is 0 Å². The first kappa shape index (κ1) is 15.8. The lowest BCUT2D eigenvalue weighted by molar-refractivity contribution is -0.149.